The van der Waals surface area contributed by atoms with Crippen molar-refractivity contribution in [1.29, 1.82) is 0 Å². The second-order valence-corrected chi connectivity index (χ2v) is 7.93. The summed E-state index contributed by atoms with van der Waals surface area (Å²) in [5.41, 5.74) is 0.390. The van der Waals surface area contributed by atoms with Crippen LogP contribution in [0, 0.1) is 5.92 Å². The van der Waals surface area contributed by atoms with E-state index < -0.39 is 24.4 Å². The fraction of sp³-hybridized carbons (Fsp3) is 0.348. The number of rotatable bonds is 8. The number of aryl methyl sites for hydroxylation is 1. The number of nitrogens with zero attached hydrogens (tertiary/aromatic N) is 3. The Balaban J connectivity index is 1.75. The number of hydrogen-bond donors (Lipinski definition) is 3. The van der Waals surface area contributed by atoms with Crippen molar-refractivity contribution >= 4 is 45.9 Å². The van der Waals surface area contributed by atoms with E-state index in [1.54, 1.807) is 30.8 Å². The molecule has 0 spiro atoms. The van der Waals surface area contributed by atoms with Crippen molar-refractivity contribution in [3.05, 3.63) is 46.6 Å². The summed E-state index contributed by atoms with van der Waals surface area (Å²) < 4.78 is 29.9. The molecule has 2 amide bonds. The molecule has 0 radical (unpaired) electrons. The number of fused-ring (bicyclic) bond motifs is 1. The van der Waals surface area contributed by atoms with E-state index in [1.807, 2.05) is 5.32 Å². The summed E-state index contributed by atoms with van der Waals surface area (Å²) in [7, 11) is 1.72. The van der Waals surface area contributed by atoms with Gasteiger partial charge in [0.15, 0.2) is 0 Å². The molecule has 11 heteroatoms. The minimum Gasteiger partial charge on any atom is -0.465 e. The predicted octanol–water partition coefficient (Wildman–Crippen LogP) is 1.75. The molecule has 1 fully saturated rings. The van der Waals surface area contributed by atoms with Crippen molar-refractivity contribution < 1.29 is 23.2 Å². The van der Waals surface area contributed by atoms with Crippen LogP contribution in [-0.4, -0.2) is 45.5 Å². The number of carbonyl (C=O) groups excluding carboxylic acids is 3. The summed E-state index contributed by atoms with van der Waals surface area (Å²) in [5, 5.41) is 7.86. The summed E-state index contributed by atoms with van der Waals surface area (Å²) in [6, 6.07) is 3.06. The first-order valence-corrected chi connectivity index (χ1v) is 10.7. The lowest BCUT2D eigenvalue weighted by Crippen LogP contribution is -2.25. The highest BCUT2D eigenvalue weighted by molar-refractivity contribution is 6.03. The third-order valence-corrected chi connectivity index (χ3v) is 5.45. The highest BCUT2D eigenvalue weighted by Gasteiger charge is 2.30. The largest absolute Gasteiger partial charge is 0.465 e. The van der Waals surface area contributed by atoms with Gasteiger partial charge in [-0.05, 0) is 25.8 Å². The number of anilines is 3. The van der Waals surface area contributed by atoms with Gasteiger partial charge >= 0.3 is 5.97 Å². The molecular weight excluding hydrogens is 440 g/mol. The van der Waals surface area contributed by atoms with Crippen LogP contribution in [0.5, 0.6) is 0 Å². The molecule has 4 rings (SSSR count). The molecule has 0 saturated heterocycles. The van der Waals surface area contributed by atoms with Gasteiger partial charge < -0.3 is 29.8 Å². The maximum absolute atomic E-state index is 13.3. The fourth-order valence-electron chi connectivity index (χ4n) is 3.60. The zero-order valence-electron chi connectivity index (χ0n) is 21.7. The Bertz CT molecular complexity index is 1440. The van der Waals surface area contributed by atoms with Crippen LogP contribution in [0.1, 0.15) is 34.2 Å². The Hall–Kier alpha value is -4.15. The third kappa shape index (κ3) is 4.63. The van der Waals surface area contributed by atoms with Gasteiger partial charge in [-0.15, -0.1) is 0 Å². The average molecular weight is 470 g/mol. The molecule has 1 aliphatic rings. The van der Waals surface area contributed by atoms with Crippen LogP contribution in [0.15, 0.2) is 35.5 Å². The molecule has 0 atom stereocenters. The monoisotopic (exact) mass is 469 g/mol. The fourth-order valence-corrected chi connectivity index (χ4v) is 3.60. The van der Waals surface area contributed by atoms with Gasteiger partial charge in [-0.3, -0.25) is 19.2 Å². The second-order valence-electron chi connectivity index (χ2n) is 7.93. The van der Waals surface area contributed by atoms with Crippen molar-refractivity contribution in [3.8, 4) is 0 Å². The molecule has 0 bridgehead atoms. The topological polar surface area (TPSA) is 136 Å². The normalized spacial score (nSPS) is 14.6. The van der Waals surface area contributed by atoms with E-state index in [2.05, 4.69) is 15.6 Å². The number of nitrogens with one attached hydrogen (secondary N) is 3. The number of aromatic nitrogens is 3. The van der Waals surface area contributed by atoms with Crippen molar-refractivity contribution in [2.24, 2.45) is 13.0 Å². The van der Waals surface area contributed by atoms with Crippen molar-refractivity contribution in [1.82, 2.24) is 19.4 Å². The molecule has 1 saturated carbocycles. The number of pyridine rings is 2. The van der Waals surface area contributed by atoms with E-state index in [-0.39, 0.29) is 47.4 Å². The zero-order valence-corrected chi connectivity index (χ0v) is 18.7. The van der Waals surface area contributed by atoms with Gasteiger partial charge in [0.05, 0.1) is 34.4 Å². The first-order chi connectivity index (χ1) is 17.5. The van der Waals surface area contributed by atoms with Crippen molar-refractivity contribution in [3.63, 3.8) is 0 Å². The molecule has 0 unspecified atom stereocenters. The molecule has 1 aliphatic carbocycles. The van der Waals surface area contributed by atoms with E-state index >= 15 is 0 Å². The lowest BCUT2D eigenvalue weighted by Gasteiger charge is -2.13. The maximum atomic E-state index is 13.3. The number of esters is 1. The van der Waals surface area contributed by atoms with E-state index in [0.717, 1.165) is 19.0 Å². The molecule has 3 heterocycles. The van der Waals surface area contributed by atoms with Crippen LogP contribution in [0.4, 0.5) is 17.2 Å². The number of amides is 2. The molecule has 11 nitrogen and oxygen atoms in total. The van der Waals surface area contributed by atoms with Crippen LogP contribution in [-0.2, 0) is 27.9 Å². The summed E-state index contributed by atoms with van der Waals surface area (Å²) in [5.74, 6) is -1.62. The average Bonchev–Trinajstić information content (AvgIpc) is 3.60. The molecule has 0 aromatic carbocycles. The molecule has 3 aromatic heterocycles. The van der Waals surface area contributed by atoms with Gasteiger partial charge in [0, 0.05) is 48.7 Å². The van der Waals surface area contributed by atoms with Crippen LogP contribution in [0.2, 0.25) is 0 Å². The smallest absolute Gasteiger partial charge is 0.326 e. The zero-order chi connectivity index (χ0) is 26.9. The molecular formula is C23H26N6O5. The minimum absolute atomic E-state index is 0.0901. The molecule has 3 N–H and O–H groups in total. The lowest BCUT2D eigenvalue weighted by atomic mass is 10.2. The second kappa shape index (κ2) is 9.38. The summed E-state index contributed by atoms with van der Waals surface area (Å²) >= 11 is 0. The summed E-state index contributed by atoms with van der Waals surface area (Å²) in [4.78, 5) is 54.3. The van der Waals surface area contributed by atoms with Crippen LogP contribution < -0.4 is 21.5 Å². The third-order valence-electron chi connectivity index (χ3n) is 5.45. The van der Waals surface area contributed by atoms with Gasteiger partial charge in [-0.25, -0.2) is 4.98 Å². The Kier molecular flexibility index (Phi) is 5.33. The van der Waals surface area contributed by atoms with Gasteiger partial charge in [0.1, 0.15) is 12.4 Å². The van der Waals surface area contributed by atoms with Crippen molar-refractivity contribution in [2.75, 3.05) is 24.2 Å². The molecule has 3 aromatic rings. The van der Waals surface area contributed by atoms with Gasteiger partial charge in [-0.2, -0.15) is 0 Å². The van der Waals surface area contributed by atoms with E-state index in [4.69, 9.17) is 8.85 Å². The van der Waals surface area contributed by atoms with E-state index in [9.17, 15) is 19.2 Å². The van der Waals surface area contributed by atoms with E-state index in [0.29, 0.717) is 11.2 Å². The van der Waals surface area contributed by atoms with Crippen LogP contribution >= 0.6 is 0 Å². The van der Waals surface area contributed by atoms with Gasteiger partial charge in [-0.1, -0.05) is 0 Å². The SMILES string of the molecule is [2H]C([2H])([2H])NC(=O)c1cnc(NC(=O)C2CC2)cc1Nc1cn(C)c2ccn(CC(=O)OCC)c(=O)c12. The minimum atomic E-state index is -2.74. The Morgan fingerprint density at radius 2 is 2.09 bits per heavy atom. The summed E-state index contributed by atoms with van der Waals surface area (Å²) in [6.45, 7) is -1.18. The lowest BCUT2D eigenvalue weighted by molar-refractivity contribution is -0.143. The number of carbonyl (C=O) groups is 3. The van der Waals surface area contributed by atoms with Crippen molar-refractivity contribution in [2.45, 2.75) is 26.3 Å². The molecule has 34 heavy (non-hydrogen) atoms. The standard InChI is InChI=1S/C23H26N6O5/c1-4-34-19(30)12-29-8-7-17-20(23(29)33)16(11-28(17)3)26-15-9-18(27-21(31)13-5-6-13)25-10-14(15)22(32)24-2/h7-11,13H,4-6,12H2,1-3H3,(H,24,32)(H2,25,26,27,31)/i2D3. The summed E-state index contributed by atoms with van der Waals surface area (Å²) in [6.07, 6.45) is 5.82. The van der Waals surface area contributed by atoms with Gasteiger partial charge in [0.2, 0.25) is 5.91 Å². The molecule has 178 valence electrons. The number of hydrogen-bond acceptors (Lipinski definition) is 7. The van der Waals surface area contributed by atoms with Crippen LogP contribution in [0.25, 0.3) is 10.9 Å². The molecule has 0 aliphatic heterocycles. The Morgan fingerprint density at radius 1 is 1.29 bits per heavy atom. The highest BCUT2D eigenvalue weighted by atomic mass is 16.5. The first kappa shape index (κ1) is 19.3. The van der Waals surface area contributed by atoms with E-state index in [1.165, 1.54) is 16.8 Å². The Labute approximate surface area is 199 Å². The Morgan fingerprint density at radius 3 is 2.79 bits per heavy atom. The first-order valence-electron chi connectivity index (χ1n) is 12.2. The van der Waals surface area contributed by atoms with Gasteiger partial charge in [0.25, 0.3) is 11.5 Å². The predicted molar refractivity (Wildman–Crippen MR) is 126 cm³/mol. The van der Waals surface area contributed by atoms with Crippen LogP contribution in [0.3, 0.4) is 0 Å². The highest BCUT2D eigenvalue weighted by Crippen LogP contribution is 2.31. The maximum Gasteiger partial charge on any atom is 0.326 e. The quantitative estimate of drug-likeness (QED) is 0.428. The number of ether oxygens (including phenoxy) is 1.